The number of halogens is 2. The van der Waals surface area contributed by atoms with E-state index in [0.29, 0.717) is 0 Å². The molecule has 9 heavy (non-hydrogen) atoms. The molecule has 0 fully saturated rings. The fraction of sp³-hybridized carbons (Fsp3) is 0.667. The Hall–Kier alpha value is 0.280. The zero-order chi connectivity index (χ0) is 7.11. The molecular weight excluding hydrogens is 157 g/mol. The Balaban J connectivity index is 3.04. The van der Waals surface area contributed by atoms with E-state index in [-0.39, 0.29) is 4.84 Å². The first-order valence-corrected chi connectivity index (χ1v) is 3.74. The van der Waals surface area contributed by atoms with Gasteiger partial charge in [0.25, 0.3) is 0 Å². The minimum atomic E-state index is -0.359. The number of nitrogens with one attached hydrogen (secondary N) is 1. The fourth-order valence-corrected chi connectivity index (χ4v) is 0.633. The molecule has 0 aromatic rings. The molecule has 54 valence electrons. The third-order valence-electron chi connectivity index (χ3n) is 0.843. The molecule has 1 nitrogen and oxygen atoms in total. The van der Waals surface area contributed by atoms with Crippen molar-refractivity contribution in [2.24, 2.45) is 0 Å². The van der Waals surface area contributed by atoms with Crippen molar-refractivity contribution >= 4 is 23.2 Å². The minimum Gasteiger partial charge on any atom is -0.319 e. The molecule has 0 saturated carbocycles. The second-order valence-corrected chi connectivity index (χ2v) is 2.82. The van der Waals surface area contributed by atoms with Gasteiger partial charge in [0.15, 0.2) is 0 Å². The molecule has 0 unspecified atom stereocenters. The van der Waals surface area contributed by atoms with Gasteiger partial charge < -0.3 is 5.32 Å². The minimum absolute atomic E-state index is 0.359. The van der Waals surface area contributed by atoms with Crippen LogP contribution in [0.2, 0.25) is 0 Å². The van der Waals surface area contributed by atoms with Gasteiger partial charge in [-0.05, 0) is 20.0 Å². The summed E-state index contributed by atoms with van der Waals surface area (Å²) in [6.07, 6.45) is 4.70. The highest BCUT2D eigenvalue weighted by Gasteiger charge is 1.86. The van der Waals surface area contributed by atoms with Crippen LogP contribution in [-0.4, -0.2) is 18.4 Å². The van der Waals surface area contributed by atoms with Crippen LogP contribution in [0.4, 0.5) is 0 Å². The number of hydrogen-bond acceptors (Lipinski definition) is 1. The van der Waals surface area contributed by atoms with Crippen molar-refractivity contribution in [2.75, 3.05) is 13.6 Å². The van der Waals surface area contributed by atoms with Gasteiger partial charge in [0.1, 0.15) is 4.84 Å². The first kappa shape index (κ1) is 9.28. The highest BCUT2D eigenvalue weighted by Crippen LogP contribution is 2.02. The van der Waals surface area contributed by atoms with Crippen molar-refractivity contribution in [3.05, 3.63) is 12.2 Å². The van der Waals surface area contributed by atoms with Crippen LogP contribution in [0.15, 0.2) is 12.2 Å². The van der Waals surface area contributed by atoms with Crippen LogP contribution in [0, 0.1) is 0 Å². The lowest BCUT2D eigenvalue weighted by atomic mass is 10.4. The van der Waals surface area contributed by atoms with Crippen LogP contribution in [-0.2, 0) is 0 Å². The third-order valence-corrected chi connectivity index (χ3v) is 1.13. The molecule has 0 rings (SSSR count). The Labute approximate surface area is 66.0 Å². The molecule has 0 bridgehead atoms. The van der Waals surface area contributed by atoms with E-state index < -0.39 is 0 Å². The van der Waals surface area contributed by atoms with Crippen LogP contribution in [0.25, 0.3) is 0 Å². The molecule has 0 radical (unpaired) electrons. The van der Waals surface area contributed by atoms with Gasteiger partial charge in [-0.2, -0.15) is 0 Å². The van der Waals surface area contributed by atoms with Gasteiger partial charge in [-0.25, -0.2) is 0 Å². The monoisotopic (exact) mass is 167 g/mol. The van der Waals surface area contributed by atoms with Gasteiger partial charge in [0, 0.05) is 0 Å². The van der Waals surface area contributed by atoms with E-state index >= 15 is 0 Å². The molecule has 0 aliphatic carbocycles. The molecule has 0 saturated heterocycles. The summed E-state index contributed by atoms with van der Waals surface area (Å²) in [6.45, 7) is 0.969. The number of allylic oxidation sites excluding steroid dienone is 1. The normalized spacial score (nSPS) is 11.6. The van der Waals surface area contributed by atoms with E-state index in [0.717, 1.165) is 13.0 Å². The lowest BCUT2D eigenvalue weighted by Crippen LogP contribution is -2.05. The SMILES string of the molecule is CNCCC=CC(Cl)Cl. The maximum atomic E-state index is 5.41. The van der Waals surface area contributed by atoms with Gasteiger partial charge in [-0.15, -0.1) is 23.2 Å². The highest BCUT2D eigenvalue weighted by atomic mass is 35.5. The third kappa shape index (κ3) is 8.28. The number of rotatable bonds is 4. The second-order valence-electron chi connectivity index (χ2n) is 1.65. The number of alkyl halides is 2. The van der Waals surface area contributed by atoms with E-state index in [1.54, 1.807) is 6.08 Å². The summed E-state index contributed by atoms with van der Waals surface area (Å²) in [4.78, 5) is -0.359. The molecule has 0 atom stereocenters. The highest BCUT2D eigenvalue weighted by molar-refractivity contribution is 6.45. The van der Waals surface area contributed by atoms with Crippen molar-refractivity contribution in [3.8, 4) is 0 Å². The second kappa shape index (κ2) is 6.40. The lowest BCUT2D eigenvalue weighted by molar-refractivity contribution is 0.807. The van der Waals surface area contributed by atoms with Gasteiger partial charge in [0.2, 0.25) is 0 Å². The van der Waals surface area contributed by atoms with E-state index in [1.165, 1.54) is 0 Å². The summed E-state index contributed by atoms with van der Waals surface area (Å²) in [5.74, 6) is 0. The summed E-state index contributed by atoms with van der Waals surface area (Å²) >= 11 is 10.8. The maximum Gasteiger partial charge on any atom is 0.125 e. The summed E-state index contributed by atoms with van der Waals surface area (Å²) in [6, 6.07) is 0. The summed E-state index contributed by atoms with van der Waals surface area (Å²) in [5.41, 5.74) is 0. The van der Waals surface area contributed by atoms with Crippen molar-refractivity contribution < 1.29 is 0 Å². The van der Waals surface area contributed by atoms with E-state index in [4.69, 9.17) is 23.2 Å². The van der Waals surface area contributed by atoms with Gasteiger partial charge in [-0.3, -0.25) is 0 Å². The van der Waals surface area contributed by atoms with E-state index in [9.17, 15) is 0 Å². The van der Waals surface area contributed by atoms with Crippen LogP contribution in [0.5, 0.6) is 0 Å². The van der Waals surface area contributed by atoms with E-state index in [1.807, 2.05) is 13.1 Å². The van der Waals surface area contributed by atoms with Crippen molar-refractivity contribution in [1.82, 2.24) is 5.32 Å². The summed E-state index contributed by atoms with van der Waals surface area (Å²) in [5, 5.41) is 3.00. The van der Waals surface area contributed by atoms with Crippen molar-refractivity contribution in [3.63, 3.8) is 0 Å². The first-order valence-electron chi connectivity index (χ1n) is 2.86. The Morgan fingerprint density at radius 1 is 1.56 bits per heavy atom. The van der Waals surface area contributed by atoms with Crippen molar-refractivity contribution in [2.45, 2.75) is 11.3 Å². The average molecular weight is 168 g/mol. The summed E-state index contributed by atoms with van der Waals surface area (Å²) < 4.78 is 0. The molecular formula is C6H11Cl2N. The average Bonchev–Trinajstić information content (AvgIpc) is 1.80. The Bertz CT molecular complexity index is 81.1. The van der Waals surface area contributed by atoms with Gasteiger partial charge in [-0.1, -0.05) is 12.2 Å². The van der Waals surface area contributed by atoms with Crippen LogP contribution < -0.4 is 5.32 Å². The number of hydrogen-bond donors (Lipinski definition) is 1. The smallest absolute Gasteiger partial charge is 0.125 e. The van der Waals surface area contributed by atoms with E-state index in [2.05, 4.69) is 5.32 Å². The molecule has 0 amide bonds. The predicted octanol–water partition coefficient (Wildman–Crippen LogP) is 1.96. The molecule has 0 aromatic carbocycles. The molecule has 0 heterocycles. The van der Waals surface area contributed by atoms with Crippen LogP contribution >= 0.6 is 23.2 Å². The molecule has 0 aliphatic rings. The lowest BCUT2D eigenvalue weighted by Gasteiger charge is -1.91. The molecule has 0 aromatic heterocycles. The Morgan fingerprint density at radius 3 is 2.67 bits per heavy atom. The quantitative estimate of drug-likeness (QED) is 0.384. The largest absolute Gasteiger partial charge is 0.319 e. The van der Waals surface area contributed by atoms with Crippen LogP contribution in [0.1, 0.15) is 6.42 Å². The Morgan fingerprint density at radius 2 is 2.22 bits per heavy atom. The molecule has 0 aliphatic heterocycles. The van der Waals surface area contributed by atoms with Crippen LogP contribution in [0.3, 0.4) is 0 Å². The van der Waals surface area contributed by atoms with Gasteiger partial charge >= 0.3 is 0 Å². The maximum absolute atomic E-state index is 5.41. The Kier molecular flexibility index (Phi) is 6.60. The zero-order valence-electron chi connectivity index (χ0n) is 5.40. The molecule has 0 spiro atoms. The zero-order valence-corrected chi connectivity index (χ0v) is 6.91. The standard InChI is InChI=1S/C6H11Cl2N/c1-9-5-3-2-4-6(7)8/h2,4,6,9H,3,5H2,1H3. The van der Waals surface area contributed by atoms with Gasteiger partial charge in [0.05, 0.1) is 0 Å². The molecule has 1 N–H and O–H groups in total. The fourth-order valence-electron chi connectivity index (χ4n) is 0.427. The molecule has 3 heteroatoms. The summed E-state index contributed by atoms with van der Waals surface area (Å²) in [7, 11) is 1.91. The topological polar surface area (TPSA) is 12.0 Å². The van der Waals surface area contributed by atoms with Crippen molar-refractivity contribution in [1.29, 1.82) is 0 Å². The predicted molar refractivity (Wildman–Crippen MR) is 43.2 cm³/mol. The first-order chi connectivity index (χ1) is 4.27.